The molecule has 3 aromatic rings. The van der Waals surface area contributed by atoms with Gasteiger partial charge in [0.25, 0.3) is 0 Å². The first-order valence-corrected chi connectivity index (χ1v) is 8.47. The number of carbonyl (C=O) groups is 1. The first kappa shape index (κ1) is 15.7. The molecule has 1 aliphatic heterocycles. The van der Waals surface area contributed by atoms with Crippen LogP contribution in [0.5, 0.6) is 0 Å². The average molecular weight is 338 g/mol. The molecule has 25 heavy (non-hydrogen) atoms. The maximum Gasteiger partial charge on any atom is 0.167 e. The number of aromatic nitrogens is 3. The number of piperidine rings is 1. The molecule has 5 nitrogen and oxygen atoms in total. The summed E-state index contributed by atoms with van der Waals surface area (Å²) in [5.41, 5.74) is 2.46. The van der Waals surface area contributed by atoms with Gasteiger partial charge in [-0.3, -0.25) is 4.79 Å². The molecule has 0 aliphatic carbocycles. The zero-order chi connectivity index (χ0) is 17.4. The van der Waals surface area contributed by atoms with Gasteiger partial charge in [-0.05, 0) is 50.1 Å². The molecular formula is C19H19FN4O. The molecule has 6 heteroatoms. The molecule has 1 atom stereocenters. The van der Waals surface area contributed by atoms with Gasteiger partial charge in [-0.1, -0.05) is 0 Å². The first-order valence-electron chi connectivity index (χ1n) is 8.47. The standard InChI is InChI=1S/C19H19FN4O/c1-13-11-17-19(21-8-10-24(17)22-13)23-9-2-3-15(12-23)18(25)14-4-6-16(20)7-5-14/h4-8,10-11,15H,2-3,9,12H2,1H3. The van der Waals surface area contributed by atoms with Crippen LogP contribution in [0.15, 0.2) is 42.7 Å². The fourth-order valence-corrected chi connectivity index (χ4v) is 3.51. The lowest BCUT2D eigenvalue weighted by Crippen LogP contribution is -2.39. The summed E-state index contributed by atoms with van der Waals surface area (Å²) in [5, 5.41) is 4.43. The van der Waals surface area contributed by atoms with Gasteiger partial charge in [0.15, 0.2) is 11.6 Å². The van der Waals surface area contributed by atoms with Crippen LogP contribution in [0, 0.1) is 18.7 Å². The largest absolute Gasteiger partial charge is 0.354 e. The molecule has 1 unspecified atom stereocenters. The monoisotopic (exact) mass is 338 g/mol. The average Bonchev–Trinajstić information content (AvgIpc) is 3.02. The quantitative estimate of drug-likeness (QED) is 0.688. The van der Waals surface area contributed by atoms with Gasteiger partial charge < -0.3 is 4.90 Å². The molecule has 4 rings (SSSR count). The Bertz CT molecular complexity index is 919. The summed E-state index contributed by atoms with van der Waals surface area (Å²) in [7, 11) is 0. The van der Waals surface area contributed by atoms with Crippen molar-refractivity contribution in [2.24, 2.45) is 5.92 Å². The highest BCUT2D eigenvalue weighted by Gasteiger charge is 2.28. The predicted molar refractivity (Wildman–Crippen MR) is 93.4 cm³/mol. The van der Waals surface area contributed by atoms with Gasteiger partial charge in [-0.2, -0.15) is 5.10 Å². The Labute approximate surface area is 145 Å². The Morgan fingerprint density at radius 2 is 2.08 bits per heavy atom. The van der Waals surface area contributed by atoms with Gasteiger partial charge in [0, 0.05) is 37.0 Å². The second-order valence-corrected chi connectivity index (χ2v) is 6.52. The van der Waals surface area contributed by atoms with E-state index in [1.165, 1.54) is 12.1 Å². The SMILES string of the molecule is Cc1cc2c(N3CCCC(C(=O)c4ccc(F)cc4)C3)nccn2n1. The second-order valence-electron chi connectivity index (χ2n) is 6.52. The predicted octanol–water partition coefficient (Wildman–Crippen LogP) is 3.28. The van der Waals surface area contributed by atoms with Crippen LogP contribution in [0.4, 0.5) is 10.2 Å². The minimum Gasteiger partial charge on any atom is -0.354 e. The third kappa shape index (κ3) is 2.99. The minimum atomic E-state index is -0.325. The van der Waals surface area contributed by atoms with E-state index in [9.17, 15) is 9.18 Å². The van der Waals surface area contributed by atoms with Crippen molar-refractivity contribution in [3.8, 4) is 0 Å². The number of halogens is 1. The van der Waals surface area contributed by atoms with Crippen LogP contribution in [0.1, 0.15) is 28.9 Å². The highest BCUT2D eigenvalue weighted by molar-refractivity contribution is 5.98. The zero-order valence-corrected chi connectivity index (χ0v) is 14.0. The molecule has 2 aromatic heterocycles. The number of rotatable bonds is 3. The molecule has 1 aromatic carbocycles. The van der Waals surface area contributed by atoms with E-state index in [0.717, 1.165) is 36.4 Å². The molecule has 128 valence electrons. The normalized spacial score (nSPS) is 17.8. The van der Waals surface area contributed by atoms with Crippen molar-refractivity contribution in [3.63, 3.8) is 0 Å². The van der Waals surface area contributed by atoms with Gasteiger partial charge in [0.2, 0.25) is 0 Å². The van der Waals surface area contributed by atoms with Crippen LogP contribution in [-0.2, 0) is 0 Å². The summed E-state index contributed by atoms with van der Waals surface area (Å²) in [5.74, 6) is 0.500. The Hall–Kier alpha value is -2.76. The number of nitrogens with zero attached hydrogens (tertiary/aromatic N) is 4. The van der Waals surface area contributed by atoms with Crippen molar-refractivity contribution in [1.82, 2.24) is 14.6 Å². The summed E-state index contributed by atoms with van der Waals surface area (Å²) in [6.07, 6.45) is 5.33. The third-order valence-corrected chi connectivity index (χ3v) is 4.71. The molecule has 3 heterocycles. The number of hydrogen-bond acceptors (Lipinski definition) is 4. The number of Topliss-reactive ketones (excluding diaryl/α,β-unsaturated/α-hetero) is 1. The van der Waals surface area contributed by atoms with E-state index in [0.29, 0.717) is 12.1 Å². The number of carbonyl (C=O) groups excluding carboxylic acids is 1. The fraction of sp³-hybridized carbons (Fsp3) is 0.316. The van der Waals surface area contributed by atoms with Gasteiger partial charge in [0.05, 0.1) is 5.69 Å². The first-order chi connectivity index (χ1) is 12.1. The molecule has 0 saturated carbocycles. The fourth-order valence-electron chi connectivity index (χ4n) is 3.51. The van der Waals surface area contributed by atoms with E-state index in [4.69, 9.17) is 0 Å². The number of anilines is 1. The molecule has 1 saturated heterocycles. The number of ketones is 1. The van der Waals surface area contributed by atoms with Crippen LogP contribution in [0.3, 0.4) is 0 Å². The third-order valence-electron chi connectivity index (χ3n) is 4.71. The summed E-state index contributed by atoms with van der Waals surface area (Å²) < 4.78 is 14.9. The van der Waals surface area contributed by atoms with E-state index in [2.05, 4.69) is 15.0 Å². The van der Waals surface area contributed by atoms with Crippen LogP contribution in [0.2, 0.25) is 0 Å². The Kier molecular flexibility index (Phi) is 3.95. The summed E-state index contributed by atoms with van der Waals surface area (Å²) in [4.78, 5) is 19.5. The molecule has 0 spiro atoms. The molecule has 0 N–H and O–H groups in total. The Balaban J connectivity index is 1.60. The van der Waals surface area contributed by atoms with Gasteiger partial charge in [-0.15, -0.1) is 0 Å². The van der Waals surface area contributed by atoms with Crippen molar-refractivity contribution in [2.45, 2.75) is 19.8 Å². The number of hydrogen-bond donors (Lipinski definition) is 0. The minimum absolute atomic E-state index is 0.0707. The van der Waals surface area contributed by atoms with E-state index in [1.54, 1.807) is 18.3 Å². The summed E-state index contributed by atoms with van der Waals surface area (Å²) >= 11 is 0. The van der Waals surface area contributed by atoms with E-state index in [-0.39, 0.29) is 17.5 Å². The Morgan fingerprint density at radius 3 is 2.88 bits per heavy atom. The second kappa shape index (κ2) is 6.27. The van der Waals surface area contributed by atoms with Crippen molar-refractivity contribution in [1.29, 1.82) is 0 Å². The topological polar surface area (TPSA) is 50.5 Å². The van der Waals surface area contributed by atoms with Crippen molar-refractivity contribution in [2.75, 3.05) is 18.0 Å². The highest BCUT2D eigenvalue weighted by Crippen LogP contribution is 2.27. The molecule has 1 fully saturated rings. The van der Waals surface area contributed by atoms with Crippen LogP contribution < -0.4 is 4.90 Å². The molecule has 0 radical (unpaired) electrons. The molecule has 1 aliphatic rings. The van der Waals surface area contributed by atoms with E-state index < -0.39 is 0 Å². The van der Waals surface area contributed by atoms with Gasteiger partial charge >= 0.3 is 0 Å². The number of aryl methyl sites for hydroxylation is 1. The number of fused-ring (bicyclic) bond motifs is 1. The Morgan fingerprint density at radius 1 is 1.28 bits per heavy atom. The maximum absolute atomic E-state index is 13.1. The van der Waals surface area contributed by atoms with Crippen LogP contribution in [0.25, 0.3) is 5.52 Å². The van der Waals surface area contributed by atoms with Crippen molar-refractivity contribution in [3.05, 3.63) is 59.8 Å². The summed E-state index contributed by atoms with van der Waals surface area (Å²) in [6.45, 7) is 3.44. The van der Waals surface area contributed by atoms with Crippen molar-refractivity contribution < 1.29 is 9.18 Å². The lowest BCUT2D eigenvalue weighted by atomic mass is 9.90. The zero-order valence-electron chi connectivity index (χ0n) is 14.0. The van der Waals surface area contributed by atoms with Crippen LogP contribution >= 0.6 is 0 Å². The summed E-state index contributed by atoms with van der Waals surface area (Å²) in [6, 6.07) is 7.82. The maximum atomic E-state index is 13.1. The van der Waals surface area contributed by atoms with E-state index >= 15 is 0 Å². The smallest absolute Gasteiger partial charge is 0.167 e. The number of benzene rings is 1. The molecular weight excluding hydrogens is 319 g/mol. The highest BCUT2D eigenvalue weighted by atomic mass is 19.1. The van der Waals surface area contributed by atoms with Crippen molar-refractivity contribution >= 4 is 17.1 Å². The van der Waals surface area contributed by atoms with Crippen LogP contribution in [-0.4, -0.2) is 33.5 Å². The molecule has 0 amide bonds. The van der Waals surface area contributed by atoms with Gasteiger partial charge in [0.1, 0.15) is 11.3 Å². The van der Waals surface area contributed by atoms with Gasteiger partial charge in [-0.25, -0.2) is 13.9 Å². The lowest BCUT2D eigenvalue weighted by molar-refractivity contribution is 0.0907. The van der Waals surface area contributed by atoms with E-state index in [1.807, 2.05) is 23.7 Å². The lowest BCUT2D eigenvalue weighted by Gasteiger charge is -2.33. The molecule has 0 bridgehead atoms.